The fraction of sp³-hybridized carbons (Fsp3) is 0.125. The summed E-state index contributed by atoms with van der Waals surface area (Å²) in [6.07, 6.45) is 1.55. The Bertz CT molecular complexity index is 1220. The second kappa shape index (κ2) is 9.02. The molecule has 0 aliphatic rings. The van der Waals surface area contributed by atoms with Gasteiger partial charge in [0.05, 0.1) is 36.1 Å². The van der Waals surface area contributed by atoms with Gasteiger partial charge in [-0.1, -0.05) is 41.9 Å². The number of para-hydroxylation sites is 1. The Balaban J connectivity index is 1.58. The number of furan rings is 1. The number of hydrogen-bond acceptors (Lipinski definition) is 4. The van der Waals surface area contributed by atoms with Crippen LogP contribution in [0.5, 0.6) is 0 Å². The van der Waals surface area contributed by atoms with Crippen molar-refractivity contribution >= 4 is 34.3 Å². The molecule has 4 aromatic rings. The maximum absolute atomic E-state index is 13.2. The quantitative estimate of drug-likeness (QED) is 0.484. The summed E-state index contributed by atoms with van der Waals surface area (Å²) in [7, 11) is 1.60. The van der Waals surface area contributed by atoms with Crippen molar-refractivity contribution in [1.29, 1.82) is 0 Å². The van der Waals surface area contributed by atoms with Gasteiger partial charge in [0.15, 0.2) is 0 Å². The van der Waals surface area contributed by atoms with Gasteiger partial charge in [-0.25, -0.2) is 4.98 Å². The van der Waals surface area contributed by atoms with E-state index in [1.54, 1.807) is 43.6 Å². The molecule has 0 aliphatic heterocycles. The van der Waals surface area contributed by atoms with Gasteiger partial charge in [-0.05, 0) is 36.4 Å². The van der Waals surface area contributed by atoms with Gasteiger partial charge >= 0.3 is 0 Å². The Morgan fingerprint density at radius 3 is 2.58 bits per heavy atom. The first-order valence-electron chi connectivity index (χ1n) is 9.71. The molecular formula is C24H20ClN3O3. The predicted molar refractivity (Wildman–Crippen MR) is 120 cm³/mol. The number of hydrogen-bond donors (Lipinski definition) is 1. The largest absolute Gasteiger partial charge is 0.467 e. The van der Waals surface area contributed by atoms with Crippen LogP contribution in [0.4, 0.5) is 0 Å². The Hall–Kier alpha value is -3.64. The van der Waals surface area contributed by atoms with E-state index >= 15 is 0 Å². The number of fused-ring (bicyclic) bond motifs is 1. The van der Waals surface area contributed by atoms with Gasteiger partial charge in [-0.15, -0.1) is 0 Å². The molecule has 1 N–H and O–H groups in total. The summed E-state index contributed by atoms with van der Waals surface area (Å²) < 4.78 is 5.21. The fourth-order valence-corrected chi connectivity index (χ4v) is 3.39. The molecule has 2 heterocycles. The monoisotopic (exact) mass is 433 g/mol. The highest BCUT2D eigenvalue weighted by atomic mass is 35.5. The van der Waals surface area contributed by atoms with Crippen molar-refractivity contribution in [3.8, 4) is 11.3 Å². The number of nitrogens with zero attached hydrogens (tertiary/aromatic N) is 2. The molecule has 4 rings (SSSR count). The van der Waals surface area contributed by atoms with Crippen LogP contribution in [-0.4, -0.2) is 35.3 Å². The number of nitrogens with one attached hydrogen (secondary N) is 1. The van der Waals surface area contributed by atoms with Crippen LogP contribution in [0, 0.1) is 0 Å². The van der Waals surface area contributed by atoms with Crippen LogP contribution in [0.25, 0.3) is 22.2 Å². The fourth-order valence-electron chi connectivity index (χ4n) is 3.27. The average molecular weight is 434 g/mol. The zero-order chi connectivity index (χ0) is 21.8. The van der Waals surface area contributed by atoms with Gasteiger partial charge < -0.3 is 14.6 Å². The number of carbonyl (C=O) groups excluding carboxylic acids is 2. The summed E-state index contributed by atoms with van der Waals surface area (Å²) in [6.45, 7) is 0.194. The molecule has 2 aromatic heterocycles. The zero-order valence-electron chi connectivity index (χ0n) is 16.8. The standard InChI is InChI=1S/C24H20ClN3O3/c1-28(15-23(29)26-14-18-5-4-12-31-18)24(30)20-13-22(16-8-10-17(25)11-9-16)27-21-7-3-2-6-19(20)21/h2-13H,14-15H2,1H3,(H,26,29). The van der Waals surface area contributed by atoms with Gasteiger partial charge in [0.1, 0.15) is 5.76 Å². The molecule has 0 aliphatic carbocycles. The number of rotatable bonds is 6. The molecular weight excluding hydrogens is 414 g/mol. The van der Waals surface area contributed by atoms with Crippen LogP contribution >= 0.6 is 11.6 Å². The number of amides is 2. The van der Waals surface area contributed by atoms with E-state index in [-0.39, 0.29) is 24.9 Å². The smallest absolute Gasteiger partial charge is 0.254 e. The van der Waals surface area contributed by atoms with Crippen LogP contribution in [0.3, 0.4) is 0 Å². The lowest BCUT2D eigenvalue weighted by atomic mass is 10.0. The van der Waals surface area contributed by atoms with Crippen molar-refractivity contribution < 1.29 is 14.0 Å². The third kappa shape index (κ3) is 4.75. The van der Waals surface area contributed by atoms with Crippen molar-refractivity contribution in [2.24, 2.45) is 0 Å². The van der Waals surface area contributed by atoms with E-state index in [0.29, 0.717) is 27.6 Å². The van der Waals surface area contributed by atoms with Crippen molar-refractivity contribution in [1.82, 2.24) is 15.2 Å². The molecule has 0 bridgehead atoms. The van der Waals surface area contributed by atoms with Crippen LogP contribution in [0.1, 0.15) is 16.1 Å². The second-order valence-corrected chi connectivity index (χ2v) is 7.53. The van der Waals surface area contributed by atoms with E-state index in [2.05, 4.69) is 5.32 Å². The molecule has 0 fully saturated rings. The molecule has 2 aromatic carbocycles. The summed E-state index contributed by atoms with van der Waals surface area (Å²) >= 11 is 6.00. The van der Waals surface area contributed by atoms with Gasteiger partial charge in [0, 0.05) is 23.0 Å². The number of pyridine rings is 1. The molecule has 0 unspecified atom stereocenters. The van der Waals surface area contributed by atoms with E-state index < -0.39 is 0 Å². The minimum Gasteiger partial charge on any atom is -0.467 e. The van der Waals surface area contributed by atoms with Crippen LogP contribution in [0.2, 0.25) is 5.02 Å². The minimum absolute atomic E-state index is 0.0769. The van der Waals surface area contributed by atoms with Crippen LogP contribution in [-0.2, 0) is 11.3 Å². The zero-order valence-corrected chi connectivity index (χ0v) is 17.6. The Morgan fingerprint density at radius 1 is 1.06 bits per heavy atom. The third-order valence-corrected chi connectivity index (χ3v) is 5.11. The van der Waals surface area contributed by atoms with E-state index in [1.165, 1.54) is 4.90 Å². The van der Waals surface area contributed by atoms with Gasteiger partial charge in [0.25, 0.3) is 5.91 Å². The number of halogens is 1. The Labute approximate surface area is 184 Å². The second-order valence-electron chi connectivity index (χ2n) is 7.10. The summed E-state index contributed by atoms with van der Waals surface area (Å²) in [5.74, 6) is 0.112. The molecule has 0 radical (unpaired) electrons. The van der Waals surface area contributed by atoms with E-state index in [9.17, 15) is 9.59 Å². The average Bonchev–Trinajstić information content (AvgIpc) is 3.30. The molecule has 0 saturated carbocycles. The van der Waals surface area contributed by atoms with Gasteiger partial charge in [-0.2, -0.15) is 0 Å². The molecule has 0 spiro atoms. The predicted octanol–water partition coefficient (Wildman–Crippen LogP) is 4.54. The van der Waals surface area contributed by atoms with Crippen molar-refractivity contribution in [2.45, 2.75) is 6.54 Å². The molecule has 2 amide bonds. The molecule has 6 nitrogen and oxygen atoms in total. The van der Waals surface area contributed by atoms with Gasteiger partial charge in [-0.3, -0.25) is 9.59 Å². The van der Waals surface area contributed by atoms with Crippen molar-refractivity contribution in [3.63, 3.8) is 0 Å². The highest BCUT2D eigenvalue weighted by molar-refractivity contribution is 6.30. The van der Waals surface area contributed by atoms with E-state index in [0.717, 1.165) is 10.9 Å². The number of benzene rings is 2. The summed E-state index contributed by atoms with van der Waals surface area (Å²) in [5, 5.41) is 4.11. The van der Waals surface area contributed by atoms with Crippen molar-refractivity contribution in [3.05, 3.63) is 89.3 Å². The highest BCUT2D eigenvalue weighted by Crippen LogP contribution is 2.26. The first kappa shape index (κ1) is 20.6. The first-order chi connectivity index (χ1) is 15.0. The normalized spacial score (nSPS) is 10.8. The SMILES string of the molecule is CN(CC(=O)NCc1ccco1)C(=O)c1cc(-c2ccc(Cl)cc2)nc2ccccc12. The maximum atomic E-state index is 13.2. The summed E-state index contributed by atoms with van der Waals surface area (Å²) in [6, 6.07) is 20.0. The maximum Gasteiger partial charge on any atom is 0.254 e. The van der Waals surface area contributed by atoms with Crippen molar-refractivity contribution in [2.75, 3.05) is 13.6 Å². The highest BCUT2D eigenvalue weighted by Gasteiger charge is 2.19. The Morgan fingerprint density at radius 2 is 1.84 bits per heavy atom. The summed E-state index contributed by atoms with van der Waals surface area (Å²) in [4.78, 5) is 31.6. The van der Waals surface area contributed by atoms with Crippen LogP contribution < -0.4 is 5.32 Å². The molecule has 31 heavy (non-hydrogen) atoms. The lowest BCUT2D eigenvalue weighted by Crippen LogP contribution is -2.38. The topological polar surface area (TPSA) is 75.4 Å². The lowest BCUT2D eigenvalue weighted by Gasteiger charge is -2.18. The first-order valence-corrected chi connectivity index (χ1v) is 10.1. The number of carbonyl (C=O) groups is 2. The van der Waals surface area contributed by atoms with Gasteiger partial charge in [0.2, 0.25) is 5.91 Å². The molecule has 7 heteroatoms. The molecule has 0 atom stereocenters. The van der Waals surface area contributed by atoms with E-state index in [4.69, 9.17) is 21.0 Å². The minimum atomic E-state index is -0.275. The molecule has 156 valence electrons. The third-order valence-electron chi connectivity index (χ3n) is 4.85. The number of likely N-dealkylation sites (N-methyl/N-ethyl adjacent to an activating group) is 1. The number of aromatic nitrogens is 1. The Kier molecular flexibility index (Phi) is 6.00. The molecule has 0 saturated heterocycles. The lowest BCUT2D eigenvalue weighted by molar-refractivity contribution is -0.121. The summed E-state index contributed by atoms with van der Waals surface area (Å²) in [5.41, 5.74) is 2.70. The van der Waals surface area contributed by atoms with E-state index in [1.807, 2.05) is 36.4 Å². The van der Waals surface area contributed by atoms with Crippen LogP contribution in [0.15, 0.2) is 77.4 Å².